The van der Waals surface area contributed by atoms with E-state index in [0.717, 1.165) is 30.0 Å². The lowest BCUT2D eigenvalue weighted by molar-refractivity contribution is 0.304. The van der Waals surface area contributed by atoms with Crippen molar-refractivity contribution in [2.45, 2.75) is 45.4 Å². The summed E-state index contributed by atoms with van der Waals surface area (Å²) in [6.07, 6.45) is 9.45. The zero-order chi connectivity index (χ0) is 17.7. The van der Waals surface area contributed by atoms with Gasteiger partial charge in [0.15, 0.2) is 0 Å². The lowest BCUT2D eigenvalue weighted by Gasteiger charge is -2.06. The number of hydrogen-bond donors (Lipinski definition) is 0. The van der Waals surface area contributed by atoms with Gasteiger partial charge in [-0.25, -0.2) is 0 Å². The summed E-state index contributed by atoms with van der Waals surface area (Å²) in [4.78, 5) is 4.42. The van der Waals surface area contributed by atoms with Crippen LogP contribution in [0.3, 0.4) is 0 Å². The number of hydrogen-bond acceptors (Lipinski definition) is 3. The Morgan fingerprint density at radius 2 is 1.60 bits per heavy atom. The fourth-order valence-electron chi connectivity index (χ4n) is 2.49. The first-order valence-corrected chi connectivity index (χ1v) is 9.09. The summed E-state index contributed by atoms with van der Waals surface area (Å²) in [6, 6.07) is 17.3. The van der Waals surface area contributed by atoms with Crippen molar-refractivity contribution in [3.63, 3.8) is 0 Å². The van der Waals surface area contributed by atoms with Gasteiger partial charge in [0, 0.05) is 6.21 Å². The van der Waals surface area contributed by atoms with Crippen LogP contribution in [0.2, 0.25) is 0 Å². The predicted molar refractivity (Wildman–Crippen MR) is 104 cm³/mol. The molecule has 0 atom stereocenters. The van der Waals surface area contributed by atoms with Gasteiger partial charge in [-0.1, -0.05) is 39.0 Å². The van der Waals surface area contributed by atoms with E-state index in [1.807, 2.05) is 42.6 Å². The molecule has 0 spiro atoms. The van der Waals surface area contributed by atoms with E-state index in [-0.39, 0.29) is 0 Å². The van der Waals surface area contributed by atoms with Gasteiger partial charge >= 0.3 is 0 Å². The van der Waals surface area contributed by atoms with Crippen molar-refractivity contribution in [3.8, 4) is 11.8 Å². The van der Waals surface area contributed by atoms with Gasteiger partial charge < -0.3 is 4.74 Å². The molecule has 0 aromatic heterocycles. The Hall–Kier alpha value is -2.60. The van der Waals surface area contributed by atoms with E-state index in [1.165, 1.54) is 32.1 Å². The Bertz CT molecular complexity index is 681. The standard InChI is InChI=1S/C22H26N2O/c1-2-3-4-5-6-7-16-25-22-14-10-20(11-15-22)18-24-21-12-8-19(17-23)9-13-21/h8-15,18H,2-7,16H2,1H3. The van der Waals surface area contributed by atoms with Crippen LogP contribution in [0.15, 0.2) is 53.5 Å². The quantitative estimate of drug-likeness (QED) is 0.392. The summed E-state index contributed by atoms with van der Waals surface area (Å²) < 4.78 is 5.78. The van der Waals surface area contributed by atoms with E-state index in [4.69, 9.17) is 10.00 Å². The van der Waals surface area contributed by atoms with Crippen LogP contribution >= 0.6 is 0 Å². The Morgan fingerprint density at radius 1 is 0.920 bits per heavy atom. The first kappa shape index (κ1) is 18.7. The highest BCUT2D eigenvalue weighted by Gasteiger charge is 1.96. The van der Waals surface area contributed by atoms with Crippen LogP contribution in [0, 0.1) is 11.3 Å². The average Bonchev–Trinajstić information content (AvgIpc) is 2.67. The Labute approximate surface area is 151 Å². The van der Waals surface area contributed by atoms with Crippen molar-refractivity contribution in [2.75, 3.05) is 6.61 Å². The van der Waals surface area contributed by atoms with Gasteiger partial charge in [-0.15, -0.1) is 0 Å². The maximum Gasteiger partial charge on any atom is 0.119 e. The second-order valence-electron chi connectivity index (χ2n) is 6.10. The first-order chi connectivity index (χ1) is 12.3. The summed E-state index contributed by atoms with van der Waals surface area (Å²) in [5, 5.41) is 8.79. The van der Waals surface area contributed by atoms with Gasteiger partial charge in [0.2, 0.25) is 0 Å². The summed E-state index contributed by atoms with van der Waals surface area (Å²) in [7, 11) is 0. The molecular formula is C22H26N2O. The lowest BCUT2D eigenvalue weighted by atomic mass is 10.1. The van der Waals surface area contributed by atoms with Crippen LogP contribution in [0.25, 0.3) is 0 Å². The number of nitriles is 1. The third kappa shape index (κ3) is 7.22. The summed E-state index contributed by atoms with van der Waals surface area (Å²) >= 11 is 0. The summed E-state index contributed by atoms with van der Waals surface area (Å²) in [6.45, 7) is 3.02. The fourth-order valence-corrected chi connectivity index (χ4v) is 2.49. The molecule has 0 aliphatic rings. The third-order valence-electron chi connectivity index (χ3n) is 4.01. The molecule has 2 aromatic rings. The number of benzene rings is 2. The van der Waals surface area contributed by atoms with Gasteiger partial charge in [0.25, 0.3) is 0 Å². The molecule has 25 heavy (non-hydrogen) atoms. The lowest BCUT2D eigenvalue weighted by Crippen LogP contribution is -1.97. The number of ether oxygens (including phenoxy) is 1. The second-order valence-corrected chi connectivity index (χ2v) is 6.10. The minimum Gasteiger partial charge on any atom is -0.494 e. The molecule has 0 saturated carbocycles. The smallest absolute Gasteiger partial charge is 0.119 e. The molecule has 130 valence electrons. The zero-order valence-electron chi connectivity index (χ0n) is 14.9. The van der Waals surface area contributed by atoms with Crippen LogP contribution in [0.4, 0.5) is 5.69 Å². The number of rotatable bonds is 10. The van der Waals surface area contributed by atoms with Crippen molar-refractivity contribution in [1.29, 1.82) is 5.26 Å². The number of aliphatic imine (C=N–C) groups is 1. The average molecular weight is 334 g/mol. The molecule has 3 heteroatoms. The van der Waals surface area contributed by atoms with Crippen LogP contribution in [-0.2, 0) is 0 Å². The molecule has 3 nitrogen and oxygen atoms in total. The third-order valence-corrected chi connectivity index (χ3v) is 4.01. The van der Waals surface area contributed by atoms with E-state index < -0.39 is 0 Å². The van der Waals surface area contributed by atoms with Crippen LogP contribution in [-0.4, -0.2) is 12.8 Å². The number of unbranched alkanes of at least 4 members (excludes halogenated alkanes) is 5. The van der Waals surface area contributed by atoms with Gasteiger partial charge in [-0.3, -0.25) is 4.99 Å². The van der Waals surface area contributed by atoms with E-state index in [0.29, 0.717) is 5.56 Å². The molecule has 0 radical (unpaired) electrons. The van der Waals surface area contributed by atoms with Gasteiger partial charge in [-0.2, -0.15) is 5.26 Å². The van der Waals surface area contributed by atoms with Crippen molar-refractivity contribution in [1.82, 2.24) is 0 Å². The normalized spacial score (nSPS) is 10.7. The fraction of sp³-hybridized carbons (Fsp3) is 0.364. The Morgan fingerprint density at radius 3 is 2.28 bits per heavy atom. The molecule has 2 aromatic carbocycles. The maximum absolute atomic E-state index is 8.79. The molecular weight excluding hydrogens is 308 g/mol. The second kappa shape index (κ2) is 11.0. The van der Waals surface area contributed by atoms with Gasteiger partial charge in [0.1, 0.15) is 5.75 Å². The van der Waals surface area contributed by atoms with Crippen molar-refractivity contribution >= 4 is 11.9 Å². The molecule has 2 rings (SSSR count). The van der Waals surface area contributed by atoms with E-state index in [1.54, 1.807) is 12.1 Å². The Kier molecular flexibility index (Phi) is 8.27. The van der Waals surface area contributed by atoms with Crippen molar-refractivity contribution in [2.24, 2.45) is 4.99 Å². The summed E-state index contributed by atoms with van der Waals surface area (Å²) in [5.41, 5.74) is 2.50. The molecule has 0 fully saturated rings. The van der Waals surface area contributed by atoms with Crippen molar-refractivity contribution < 1.29 is 4.74 Å². The maximum atomic E-state index is 8.79. The minimum atomic E-state index is 0.644. The largest absolute Gasteiger partial charge is 0.494 e. The van der Waals surface area contributed by atoms with Gasteiger partial charge in [-0.05, 0) is 60.5 Å². The highest BCUT2D eigenvalue weighted by molar-refractivity contribution is 5.82. The van der Waals surface area contributed by atoms with Gasteiger partial charge in [0.05, 0.1) is 23.9 Å². The Balaban J connectivity index is 1.73. The first-order valence-electron chi connectivity index (χ1n) is 9.09. The number of nitrogens with zero attached hydrogens (tertiary/aromatic N) is 2. The van der Waals surface area contributed by atoms with Crippen LogP contribution in [0.1, 0.15) is 56.6 Å². The molecule has 0 aliphatic heterocycles. The highest BCUT2D eigenvalue weighted by atomic mass is 16.5. The van der Waals surface area contributed by atoms with E-state index >= 15 is 0 Å². The minimum absolute atomic E-state index is 0.644. The summed E-state index contributed by atoms with van der Waals surface area (Å²) in [5.74, 6) is 0.907. The molecule has 0 saturated heterocycles. The van der Waals surface area contributed by atoms with Crippen molar-refractivity contribution in [3.05, 3.63) is 59.7 Å². The van der Waals surface area contributed by atoms with E-state index in [9.17, 15) is 0 Å². The van der Waals surface area contributed by atoms with E-state index in [2.05, 4.69) is 18.0 Å². The molecule has 0 aliphatic carbocycles. The van der Waals surface area contributed by atoms with Crippen LogP contribution in [0.5, 0.6) is 5.75 Å². The molecule has 0 heterocycles. The van der Waals surface area contributed by atoms with Crippen LogP contribution < -0.4 is 4.74 Å². The predicted octanol–water partition coefficient (Wildman–Crippen LogP) is 6.05. The topological polar surface area (TPSA) is 45.4 Å². The molecule has 0 N–H and O–H groups in total. The monoisotopic (exact) mass is 334 g/mol. The molecule has 0 unspecified atom stereocenters. The SMILES string of the molecule is CCCCCCCCOc1ccc(C=Nc2ccc(C#N)cc2)cc1. The molecule has 0 amide bonds. The molecule has 0 bridgehead atoms. The zero-order valence-corrected chi connectivity index (χ0v) is 14.9. The highest BCUT2D eigenvalue weighted by Crippen LogP contribution is 2.15.